The van der Waals surface area contributed by atoms with Gasteiger partial charge in [0.15, 0.2) is 0 Å². The average Bonchev–Trinajstić information content (AvgIpc) is 2.88. The molecule has 2 aromatic carbocycles. The van der Waals surface area contributed by atoms with Gasteiger partial charge >= 0.3 is 0 Å². The van der Waals surface area contributed by atoms with Crippen molar-refractivity contribution in [1.29, 1.82) is 0 Å². The zero-order valence-corrected chi connectivity index (χ0v) is 17.3. The molecule has 3 nitrogen and oxygen atoms in total. The summed E-state index contributed by atoms with van der Waals surface area (Å²) in [6.45, 7) is 7.53. The van der Waals surface area contributed by atoms with E-state index in [4.69, 9.17) is 0 Å². The zero-order valence-electron chi connectivity index (χ0n) is 15.7. The van der Waals surface area contributed by atoms with Gasteiger partial charge < -0.3 is 0 Å². The van der Waals surface area contributed by atoms with Gasteiger partial charge in [0.25, 0.3) is 0 Å². The molecule has 0 aromatic heterocycles. The van der Waals surface area contributed by atoms with Crippen molar-refractivity contribution < 1.29 is 8.42 Å². The van der Waals surface area contributed by atoms with E-state index in [9.17, 15) is 8.42 Å². The van der Waals surface area contributed by atoms with Crippen LogP contribution in [0, 0.1) is 0 Å². The van der Waals surface area contributed by atoms with Crippen molar-refractivity contribution >= 4 is 21.8 Å². The minimum atomic E-state index is -3.43. The molecule has 2 aromatic rings. The molecule has 0 amide bonds. The number of sulfonamides is 1. The largest absolute Gasteiger partial charge is 0.243 e. The summed E-state index contributed by atoms with van der Waals surface area (Å²) in [7, 11) is -3.43. The lowest BCUT2D eigenvalue weighted by Gasteiger charge is -2.22. The van der Waals surface area contributed by atoms with Crippen molar-refractivity contribution in [2.75, 3.05) is 18.8 Å². The highest BCUT2D eigenvalue weighted by atomic mass is 32.2. The molecule has 1 saturated heterocycles. The molecule has 1 unspecified atom stereocenters. The Morgan fingerprint density at radius 3 is 2.23 bits per heavy atom. The molecule has 1 aliphatic heterocycles. The third-order valence-corrected chi connectivity index (χ3v) is 8.07. The van der Waals surface area contributed by atoms with E-state index in [0.29, 0.717) is 23.2 Å². The summed E-state index contributed by atoms with van der Waals surface area (Å²) < 4.78 is 27.8. The van der Waals surface area contributed by atoms with Gasteiger partial charge in [-0.3, -0.25) is 0 Å². The molecule has 0 radical (unpaired) electrons. The average molecular weight is 390 g/mol. The Balaban J connectivity index is 1.75. The molecule has 5 heteroatoms. The normalized spacial score (nSPS) is 19.9. The molecule has 0 N–H and O–H groups in total. The van der Waals surface area contributed by atoms with Crippen LogP contribution in [0.15, 0.2) is 59.5 Å². The monoisotopic (exact) mass is 389 g/mol. The highest BCUT2D eigenvalue weighted by molar-refractivity contribution is 7.99. The van der Waals surface area contributed by atoms with E-state index in [1.165, 1.54) is 5.56 Å². The Labute approximate surface area is 161 Å². The van der Waals surface area contributed by atoms with Gasteiger partial charge in [-0.25, -0.2) is 8.42 Å². The van der Waals surface area contributed by atoms with E-state index in [-0.39, 0.29) is 5.41 Å². The van der Waals surface area contributed by atoms with Crippen LogP contribution in [0.4, 0.5) is 0 Å². The third-order valence-electron chi connectivity index (χ3n) is 4.83. The first-order valence-electron chi connectivity index (χ1n) is 9.06. The molecule has 0 bridgehead atoms. The van der Waals surface area contributed by atoms with Crippen LogP contribution in [0.2, 0.25) is 0 Å². The first-order chi connectivity index (χ1) is 12.3. The van der Waals surface area contributed by atoms with Crippen LogP contribution in [0.1, 0.15) is 43.6 Å². The van der Waals surface area contributed by atoms with Gasteiger partial charge in [-0.05, 0) is 35.1 Å². The smallest absolute Gasteiger partial charge is 0.207 e. The maximum absolute atomic E-state index is 13.1. The SMILES string of the molecule is CC(C)(C)c1ccc(S(=O)(=O)N2CCSC(c3ccccc3)CC2)cc1. The molecular formula is C21H27NO2S2. The number of thioether (sulfide) groups is 1. The Morgan fingerprint density at radius 2 is 1.62 bits per heavy atom. The summed E-state index contributed by atoms with van der Waals surface area (Å²) in [4.78, 5) is 0.397. The molecule has 1 aliphatic rings. The van der Waals surface area contributed by atoms with Crippen LogP contribution < -0.4 is 0 Å². The van der Waals surface area contributed by atoms with E-state index >= 15 is 0 Å². The van der Waals surface area contributed by atoms with Gasteiger partial charge in [0.2, 0.25) is 10.0 Å². The fraction of sp³-hybridized carbons (Fsp3) is 0.429. The van der Waals surface area contributed by atoms with Crippen LogP contribution in [-0.2, 0) is 15.4 Å². The van der Waals surface area contributed by atoms with E-state index in [2.05, 4.69) is 32.9 Å². The Hall–Kier alpha value is -1.30. The van der Waals surface area contributed by atoms with Crippen LogP contribution in [0.5, 0.6) is 0 Å². The van der Waals surface area contributed by atoms with Crippen molar-refractivity contribution in [2.45, 2.75) is 42.8 Å². The molecule has 3 rings (SSSR count). The second-order valence-corrected chi connectivity index (χ2v) is 11.0. The number of hydrogen-bond donors (Lipinski definition) is 0. The highest BCUT2D eigenvalue weighted by Gasteiger charge is 2.28. The van der Waals surface area contributed by atoms with Crippen molar-refractivity contribution in [2.24, 2.45) is 0 Å². The molecule has 1 heterocycles. The lowest BCUT2D eigenvalue weighted by molar-refractivity contribution is 0.428. The Kier molecular flexibility index (Phi) is 5.80. The highest BCUT2D eigenvalue weighted by Crippen LogP contribution is 2.35. The van der Waals surface area contributed by atoms with Crippen molar-refractivity contribution in [3.63, 3.8) is 0 Å². The number of hydrogen-bond acceptors (Lipinski definition) is 3. The van der Waals surface area contributed by atoms with Gasteiger partial charge in [-0.2, -0.15) is 16.1 Å². The predicted molar refractivity (Wildman–Crippen MR) is 110 cm³/mol. The van der Waals surface area contributed by atoms with Gasteiger partial charge in [0.05, 0.1) is 4.90 Å². The molecule has 1 fully saturated rings. The maximum Gasteiger partial charge on any atom is 0.243 e. The maximum atomic E-state index is 13.1. The Bertz CT molecular complexity index is 825. The van der Waals surface area contributed by atoms with E-state index in [1.807, 2.05) is 42.1 Å². The third kappa shape index (κ3) is 4.33. The number of benzene rings is 2. The zero-order chi connectivity index (χ0) is 18.8. The van der Waals surface area contributed by atoms with Crippen LogP contribution in [-0.4, -0.2) is 31.6 Å². The number of nitrogens with zero attached hydrogens (tertiary/aromatic N) is 1. The fourth-order valence-electron chi connectivity index (χ4n) is 3.20. The number of rotatable bonds is 3. The molecule has 140 valence electrons. The summed E-state index contributed by atoms with van der Waals surface area (Å²) in [6.07, 6.45) is 0.841. The van der Waals surface area contributed by atoms with Gasteiger partial charge in [0, 0.05) is 24.1 Å². The summed E-state index contributed by atoms with van der Waals surface area (Å²) in [5, 5.41) is 0.361. The first-order valence-corrected chi connectivity index (χ1v) is 11.5. The molecule has 1 atom stereocenters. The van der Waals surface area contributed by atoms with E-state index < -0.39 is 10.0 Å². The topological polar surface area (TPSA) is 37.4 Å². The summed E-state index contributed by atoms with van der Waals surface area (Å²) >= 11 is 1.85. The van der Waals surface area contributed by atoms with Crippen molar-refractivity contribution in [3.05, 3.63) is 65.7 Å². The van der Waals surface area contributed by atoms with Crippen LogP contribution >= 0.6 is 11.8 Å². The second kappa shape index (κ2) is 7.75. The quantitative estimate of drug-likeness (QED) is 0.753. The first kappa shape index (κ1) is 19.5. The molecule has 0 aliphatic carbocycles. The molecular weight excluding hydrogens is 362 g/mol. The van der Waals surface area contributed by atoms with Gasteiger partial charge in [-0.15, -0.1) is 0 Å². The molecule has 26 heavy (non-hydrogen) atoms. The minimum Gasteiger partial charge on any atom is -0.207 e. The van der Waals surface area contributed by atoms with Gasteiger partial charge in [0.1, 0.15) is 0 Å². The standard InChI is InChI=1S/C21H27NO2S2/c1-21(2,3)18-9-11-19(12-10-18)26(23,24)22-14-13-20(25-16-15-22)17-7-5-4-6-8-17/h4-12,20H,13-16H2,1-3H3. The minimum absolute atomic E-state index is 0.0183. The van der Waals surface area contributed by atoms with Crippen molar-refractivity contribution in [1.82, 2.24) is 4.31 Å². The lowest BCUT2D eigenvalue weighted by Crippen LogP contribution is -2.33. The summed E-state index contributed by atoms with van der Waals surface area (Å²) in [5.74, 6) is 0.818. The van der Waals surface area contributed by atoms with E-state index in [1.54, 1.807) is 16.4 Å². The fourth-order valence-corrected chi connectivity index (χ4v) is 6.00. The molecule has 0 spiro atoms. The van der Waals surface area contributed by atoms with Crippen LogP contribution in [0.3, 0.4) is 0 Å². The van der Waals surface area contributed by atoms with E-state index in [0.717, 1.165) is 17.7 Å². The lowest BCUT2D eigenvalue weighted by atomic mass is 9.87. The Morgan fingerprint density at radius 1 is 0.962 bits per heavy atom. The predicted octanol–water partition coefficient (Wildman–Crippen LogP) is 4.85. The van der Waals surface area contributed by atoms with Gasteiger partial charge in [-0.1, -0.05) is 63.2 Å². The second-order valence-electron chi connectivity index (χ2n) is 7.74. The van der Waals surface area contributed by atoms with Crippen LogP contribution in [0.25, 0.3) is 0 Å². The summed E-state index contributed by atoms with van der Waals surface area (Å²) in [5.41, 5.74) is 2.45. The molecule has 0 saturated carbocycles. The van der Waals surface area contributed by atoms with Crippen molar-refractivity contribution in [3.8, 4) is 0 Å². The summed E-state index contributed by atoms with van der Waals surface area (Å²) in [6, 6.07) is 17.8.